The number of carboxylic acids is 1. The van der Waals surface area contributed by atoms with Gasteiger partial charge in [0.15, 0.2) is 11.5 Å². The van der Waals surface area contributed by atoms with Gasteiger partial charge in [-0.3, -0.25) is 14.5 Å². The zero-order valence-corrected chi connectivity index (χ0v) is 14.4. The van der Waals surface area contributed by atoms with Crippen LogP contribution in [0.15, 0.2) is 59.9 Å². The number of carbonyl (C=O) groups excluding carboxylic acids is 2. The molecule has 1 heterocycles. The molecule has 2 N–H and O–H groups in total. The molecule has 6 nitrogen and oxygen atoms in total. The molecular weight excluding hydrogens is 358 g/mol. The number of carboxylic acid groups (broad SMARTS) is 1. The largest absolute Gasteiger partial charge is 0.503 e. The fraction of sp³-hybridized carbons (Fsp3) is 0.105. The van der Waals surface area contributed by atoms with E-state index >= 15 is 0 Å². The van der Waals surface area contributed by atoms with Crippen LogP contribution in [0.2, 0.25) is 5.02 Å². The minimum atomic E-state index is -1.09. The Labute approximate surface area is 153 Å². The van der Waals surface area contributed by atoms with Crippen molar-refractivity contribution in [3.63, 3.8) is 0 Å². The number of amides is 1. The van der Waals surface area contributed by atoms with Crippen LogP contribution >= 0.6 is 11.6 Å². The summed E-state index contributed by atoms with van der Waals surface area (Å²) < 4.78 is 0. The first-order valence-electron chi connectivity index (χ1n) is 7.67. The number of hydrogen-bond donors (Lipinski definition) is 2. The van der Waals surface area contributed by atoms with Crippen LogP contribution in [0, 0.1) is 0 Å². The maximum Gasteiger partial charge on any atom is 0.335 e. The highest BCUT2D eigenvalue weighted by atomic mass is 35.5. The molecule has 1 aliphatic heterocycles. The number of Topliss-reactive ketones (excluding diaryl/α,β-unsaturated/α-hetero) is 1. The topological polar surface area (TPSA) is 94.9 Å². The van der Waals surface area contributed by atoms with Gasteiger partial charge < -0.3 is 10.2 Å². The molecule has 0 bridgehead atoms. The summed E-state index contributed by atoms with van der Waals surface area (Å²) in [4.78, 5) is 37.0. The fourth-order valence-corrected chi connectivity index (χ4v) is 3.08. The van der Waals surface area contributed by atoms with Crippen LogP contribution in [0.1, 0.15) is 28.9 Å². The molecule has 2 aromatic carbocycles. The number of benzene rings is 2. The van der Waals surface area contributed by atoms with E-state index in [2.05, 4.69) is 0 Å². The van der Waals surface area contributed by atoms with Gasteiger partial charge in [0.25, 0.3) is 5.91 Å². The second-order valence-electron chi connectivity index (χ2n) is 5.80. The van der Waals surface area contributed by atoms with Crippen LogP contribution in [0.4, 0.5) is 5.69 Å². The highest BCUT2D eigenvalue weighted by Crippen LogP contribution is 2.41. The van der Waals surface area contributed by atoms with Crippen LogP contribution in [0.3, 0.4) is 0 Å². The minimum Gasteiger partial charge on any atom is -0.503 e. The zero-order valence-electron chi connectivity index (χ0n) is 13.6. The molecule has 0 unspecified atom stereocenters. The van der Waals surface area contributed by atoms with Crippen molar-refractivity contribution in [3.05, 3.63) is 76.0 Å². The molecule has 0 fully saturated rings. The Morgan fingerprint density at radius 3 is 2.12 bits per heavy atom. The van der Waals surface area contributed by atoms with Gasteiger partial charge in [-0.2, -0.15) is 0 Å². The van der Waals surface area contributed by atoms with E-state index in [-0.39, 0.29) is 11.1 Å². The zero-order chi connectivity index (χ0) is 19.0. The quantitative estimate of drug-likeness (QED) is 0.857. The standard InChI is InChI=1S/C19H14ClNO5/c1-10(22)15-16(11-2-6-13(20)7-3-11)21(18(24)17(15)23)14-8-4-12(5-9-14)19(25)26/h2-9,16,23H,1H3,(H,25,26)/t16-/m0/s1. The summed E-state index contributed by atoms with van der Waals surface area (Å²) in [5.74, 6) is -2.86. The molecule has 7 heteroatoms. The number of carbonyl (C=O) groups is 3. The molecule has 3 rings (SSSR count). The van der Waals surface area contributed by atoms with Crippen LogP contribution in [0.5, 0.6) is 0 Å². The number of hydrogen-bond acceptors (Lipinski definition) is 4. The molecular formula is C19H14ClNO5. The maximum atomic E-state index is 12.6. The van der Waals surface area contributed by atoms with E-state index in [1.807, 2.05) is 0 Å². The summed E-state index contributed by atoms with van der Waals surface area (Å²) in [6.07, 6.45) is 0. The highest BCUT2D eigenvalue weighted by Gasteiger charge is 2.43. The average Bonchev–Trinajstić information content (AvgIpc) is 2.87. The lowest BCUT2D eigenvalue weighted by Gasteiger charge is -2.26. The van der Waals surface area contributed by atoms with Gasteiger partial charge in [0.05, 0.1) is 17.2 Å². The number of aromatic carboxylic acids is 1. The second kappa shape index (κ2) is 6.65. The van der Waals surface area contributed by atoms with E-state index in [9.17, 15) is 19.5 Å². The number of anilines is 1. The first-order chi connectivity index (χ1) is 12.3. The summed E-state index contributed by atoms with van der Waals surface area (Å²) >= 11 is 5.91. The van der Waals surface area contributed by atoms with Gasteiger partial charge in [-0.05, 0) is 48.9 Å². The molecule has 26 heavy (non-hydrogen) atoms. The summed E-state index contributed by atoms with van der Waals surface area (Å²) in [6.45, 7) is 1.28. The number of halogens is 1. The number of ketones is 1. The SMILES string of the molecule is CC(=O)C1=C(O)C(=O)N(c2ccc(C(=O)O)cc2)[C@H]1c1ccc(Cl)cc1. The van der Waals surface area contributed by atoms with Crippen molar-refractivity contribution >= 4 is 34.9 Å². The first kappa shape index (κ1) is 17.7. The lowest BCUT2D eigenvalue weighted by molar-refractivity contribution is -0.117. The van der Waals surface area contributed by atoms with Gasteiger partial charge in [0.2, 0.25) is 0 Å². The van der Waals surface area contributed by atoms with Crippen LogP contribution < -0.4 is 4.90 Å². The second-order valence-corrected chi connectivity index (χ2v) is 6.24. The first-order valence-corrected chi connectivity index (χ1v) is 8.05. The maximum absolute atomic E-state index is 12.6. The van der Waals surface area contributed by atoms with E-state index in [0.717, 1.165) is 0 Å². The van der Waals surface area contributed by atoms with E-state index in [4.69, 9.17) is 16.7 Å². The van der Waals surface area contributed by atoms with Crippen LogP contribution in [0.25, 0.3) is 0 Å². The van der Waals surface area contributed by atoms with Crippen LogP contribution in [-0.2, 0) is 9.59 Å². The van der Waals surface area contributed by atoms with Crippen molar-refractivity contribution in [1.29, 1.82) is 0 Å². The predicted molar refractivity (Wildman–Crippen MR) is 95.4 cm³/mol. The van der Waals surface area contributed by atoms with Gasteiger partial charge in [-0.15, -0.1) is 0 Å². The number of nitrogens with zero attached hydrogens (tertiary/aromatic N) is 1. The Hall–Kier alpha value is -3.12. The number of aliphatic hydroxyl groups excluding tert-OH is 1. The van der Waals surface area contributed by atoms with Crippen LogP contribution in [-0.4, -0.2) is 27.9 Å². The fourth-order valence-electron chi connectivity index (χ4n) is 2.96. The van der Waals surface area contributed by atoms with E-state index < -0.39 is 29.5 Å². The lowest BCUT2D eigenvalue weighted by Crippen LogP contribution is -2.30. The molecule has 0 aliphatic carbocycles. The smallest absolute Gasteiger partial charge is 0.335 e. The molecule has 0 radical (unpaired) electrons. The van der Waals surface area contributed by atoms with Gasteiger partial charge in [-0.1, -0.05) is 23.7 Å². The summed E-state index contributed by atoms with van der Waals surface area (Å²) in [5.41, 5.74) is 1.01. The Balaban J connectivity index is 2.13. The van der Waals surface area contributed by atoms with E-state index in [1.54, 1.807) is 24.3 Å². The molecule has 2 aromatic rings. The molecule has 1 aliphatic rings. The van der Waals surface area contributed by atoms with Crippen molar-refractivity contribution in [2.75, 3.05) is 4.90 Å². The Kier molecular flexibility index (Phi) is 4.52. The molecule has 0 spiro atoms. The Morgan fingerprint density at radius 2 is 1.62 bits per heavy atom. The third kappa shape index (κ3) is 2.95. The molecule has 1 atom stereocenters. The normalized spacial score (nSPS) is 16.9. The van der Waals surface area contributed by atoms with Crippen molar-refractivity contribution in [3.8, 4) is 0 Å². The molecule has 0 saturated carbocycles. The molecule has 0 aromatic heterocycles. The van der Waals surface area contributed by atoms with E-state index in [1.165, 1.54) is 36.1 Å². The van der Waals surface area contributed by atoms with Crippen molar-refractivity contribution in [2.45, 2.75) is 13.0 Å². The van der Waals surface area contributed by atoms with Gasteiger partial charge in [0, 0.05) is 10.7 Å². The number of aliphatic hydroxyl groups is 1. The van der Waals surface area contributed by atoms with Crippen molar-refractivity contribution in [1.82, 2.24) is 0 Å². The third-order valence-corrected chi connectivity index (χ3v) is 4.42. The number of rotatable bonds is 4. The summed E-state index contributed by atoms with van der Waals surface area (Å²) in [7, 11) is 0. The Bertz CT molecular complexity index is 931. The summed E-state index contributed by atoms with van der Waals surface area (Å²) in [5, 5.41) is 19.7. The van der Waals surface area contributed by atoms with Crippen molar-refractivity contribution < 1.29 is 24.6 Å². The minimum absolute atomic E-state index is 0.0142. The third-order valence-electron chi connectivity index (χ3n) is 4.17. The molecule has 0 saturated heterocycles. The highest BCUT2D eigenvalue weighted by molar-refractivity contribution is 6.30. The van der Waals surface area contributed by atoms with Gasteiger partial charge >= 0.3 is 5.97 Å². The van der Waals surface area contributed by atoms with Gasteiger partial charge in [0.1, 0.15) is 0 Å². The average molecular weight is 372 g/mol. The van der Waals surface area contributed by atoms with Gasteiger partial charge in [-0.25, -0.2) is 4.79 Å². The van der Waals surface area contributed by atoms with E-state index in [0.29, 0.717) is 16.3 Å². The Morgan fingerprint density at radius 1 is 1.04 bits per heavy atom. The predicted octanol–water partition coefficient (Wildman–Crippen LogP) is 3.53. The van der Waals surface area contributed by atoms with Crippen molar-refractivity contribution in [2.24, 2.45) is 0 Å². The molecule has 132 valence electrons. The summed E-state index contributed by atoms with van der Waals surface area (Å²) in [6, 6.07) is 11.4. The molecule has 1 amide bonds. The lowest BCUT2D eigenvalue weighted by atomic mass is 9.96. The monoisotopic (exact) mass is 371 g/mol.